The second-order valence-electron chi connectivity index (χ2n) is 9.61. The SMILES string of the molecule is C=CC1C[C@]1(NC(=O)[C@@H]1C[C@@H](CC(C)C)CN1C(=O)OC(C)(C)C)C(=O)OCC. The first-order valence-electron chi connectivity index (χ1n) is 10.5. The largest absolute Gasteiger partial charge is 0.464 e. The number of likely N-dealkylation sites (tertiary alicyclic amines) is 1. The topological polar surface area (TPSA) is 84.9 Å². The van der Waals surface area contributed by atoms with E-state index in [1.165, 1.54) is 4.90 Å². The molecule has 0 bridgehead atoms. The lowest BCUT2D eigenvalue weighted by Crippen LogP contribution is -2.53. The Labute approximate surface area is 174 Å². The molecular formula is C22H36N2O5. The van der Waals surface area contributed by atoms with Crippen molar-refractivity contribution in [3.63, 3.8) is 0 Å². The van der Waals surface area contributed by atoms with Crippen molar-refractivity contribution in [2.75, 3.05) is 13.2 Å². The fourth-order valence-corrected chi connectivity index (χ4v) is 4.10. The fourth-order valence-electron chi connectivity index (χ4n) is 4.10. The second-order valence-corrected chi connectivity index (χ2v) is 9.61. The summed E-state index contributed by atoms with van der Waals surface area (Å²) in [7, 11) is 0. The first-order valence-corrected chi connectivity index (χ1v) is 10.5. The van der Waals surface area contributed by atoms with Crippen LogP contribution in [-0.4, -0.2) is 53.2 Å². The van der Waals surface area contributed by atoms with Crippen LogP contribution in [0.25, 0.3) is 0 Å². The third-order valence-electron chi connectivity index (χ3n) is 5.41. The van der Waals surface area contributed by atoms with Crippen LogP contribution < -0.4 is 5.32 Å². The second kappa shape index (κ2) is 8.76. The molecule has 2 fully saturated rings. The maximum atomic E-state index is 13.2. The lowest BCUT2D eigenvalue weighted by atomic mass is 9.94. The van der Waals surface area contributed by atoms with Crippen LogP contribution in [0.15, 0.2) is 12.7 Å². The van der Waals surface area contributed by atoms with Crippen LogP contribution >= 0.6 is 0 Å². The van der Waals surface area contributed by atoms with Crippen molar-refractivity contribution in [1.29, 1.82) is 0 Å². The molecule has 2 amide bonds. The summed E-state index contributed by atoms with van der Waals surface area (Å²) in [5.74, 6) is -0.264. The van der Waals surface area contributed by atoms with Gasteiger partial charge in [0.1, 0.15) is 17.2 Å². The van der Waals surface area contributed by atoms with Gasteiger partial charge in [0.25, 0.3) is 0 Å². The normalized spacial score (nSPS) is 28.8. The molecule has 29 heavy (non-hydrogen) atoms. The number of rotatable bonds is 7. The molecule has 7 nitrogen and oxygen atoms in total. The molecule has 7 heteroatoms. The van der Waals surface area contributed by atoms with E-state index in [4.69, 9.17) is 9.47 Å². The first kappa shape index (κ1) is 23.2. The number of hydrogen-bond acceptors (Lipinski definition) is 5. The summed E-state index contributed by atoms with van der Waals surface area (Å²) in [4.78, 5) is 39.9. The summed E-state index contributed by atoms with van der Waals surface area (Å²) in [6.45, 7) is 15.9. The third-order valence-corrected chi connectivity index (χ3v) is 5.41. The van der Waals surface area contributed by atoms with Crippen molar-refractivity contribution in [3.8, 4) is 0 Å². The molecule has 0 aromatic carbocycles. The smallest absolute Gasteiger partial charge is 0.410 e. The average molecular weight is 409 g/mol. The Kier molecular flexibility index (Phi) is 7.01. The van der Waals surface area contributed by atoms with Gasteiger partial charge in [0, 0.05) is 12.5 Å². The molecule has 2 aliphatic rings. The highest BCUT2D eigenvalue weighted by atomic mass is 16.6. The number of carbonyl (C=O) groups excluding carboxylic acids is 3. The van der Waals surface area contributed by atoms with Gasteiger partial charge in [-0.25, -0.2) is 9.59 Å². The Bertz CT molecular complexity index is 654. The Balaban J connectivity index is 2.18. The van der Waals surface area contributed by atoms with E-state index in [2.05, 4.69) is 25.7 Å². The number of nitrogens with one attached hydrogen (secondary N) is 1. The summed E-state index contributed by atoms with van der Waals surface area (Å²) >= 11 is 0. The molecule has 164 valence electrons. The molecular weight excluding hydrogens is 372 g/mol. The summed E-state index contributed by atoms with van der Waals surface area (Å²) in [6.07, 6.45) is 3.11. The summed E-state index contributed by atoms with van der Waals surface area (Å²) in [5, 5.41) is 2.88. The lowest BCUT2D eigenvalue weighted by Gasteiger charge is -2.29. The van der Waals surface area contributed by atoms with E-state index in [0.717, 1.165) is 6.42 Å². The minimum absolute atomic E-state index is 0.159. The van der Waals surface area contributed by atoms with Crippen LogP contribution in [0.4, 0.5) is 4.79 Å². The summed E-state index contributed by atoms with van der Waals surface area (Å²) < 4.78 is 10.7. The zero-order chi connectivity index (χ0) is 22.0. The lowest BCUT2D eigenvalue weighted by molar-refractivity contribution is -0.149. The van der Waals surface area contributed by atoms with Gasteiger partial charge in [-0.1, -0.05) is 19.9 Å². The molecule has 0 spiro atoms. The van der Waals surface area contributed by atoms with Crippen molar-refractivity contribution >= 4 is 18.0 Å². The number of ether oxygens (including phenoxy) is 2. The average Bonchev–Trinajstić information content (AvgIpc) is 3.14. The zero-order valence-electron chi connectivity index (χ0n) is 18.6. The first-order chi connectivity index (χ1) is 13.4. The van der Waals surface area contributed by atoms with Gasteiger partial charge in [-0.05, 0) is 58.8 Å². The van der Waals surface area contributed by atoms with E-state index in [1.54, 1.807) is 33.8 Å². The molecule has 0 aromatic rings. The monoisotopic (exact) mass is 408 g/mol. The third kappa shape index (κ3) is 5.52. The minimum atomic E-state index is -1.06. The van der Waals surface area contributed by atoms with Gasteiger partial charge >= 0.3 is 12.1 Å². The van der Waals surface area contributed by atoms with E-state index in [0.29, 0.717) is 25.3 Å². The van der Waals surface area contributed by atoms with Gasteiger partial charge < -0.3 is 14.8 Å². The Morgan fingerprint density at radius 3 is 2.45 bits per heavy atom. The zero-order valence-corrected chi connectivity index (χ0v) is 18.6. The maximum absolute atomic E-state index is 13.2. The molecule has 0 radical (unpaired) electrons. The molecule has 1 N–H and O–H groups in total. The summed E-state index contributed by atoms with van der Waals surface area (Å²) in [6, 6.07) is -0.661. The standard InChI is InChI=1S/C22H36N2O5/c1-8-16-12-22(16,19(26)28-9-2)23-18(25)17-11-15(10-14(3)4)13-24(17)20(27)29-21(5,6)7/h8,14-17H,1,9-13H2,2-7H3,(H,23,25)/t15-,16?,17+,22-/m1/s1. The van der Waals surface area contributed by atoms with E-state index in [9.17, 15) is 14.4 Å². The Morgan fingerprint density at radius 2 is 1.97 bits per heavy atom. The fraction of sp³-hybridized carbons (Fsp3) is 0.773. The number of esters is 1. The van der Waals surface area contributed by atoms with Gasteiger partial charge in [-0.2, -0.15) is 0 Å². The van der Waals surface area contributed by atoms with Crippen LogP contribution in [0.5, 0.6) is 0 Å². The van der Waals surface area contributed by atoms with E-state index in [1.807, 2.05) is 0 Å². The molecule has 0 aromatic heterocycles. The minimum Gasteiger partial charge on any atom is -0.464 e. The Morgan fingerprint density at radius 1 is 1.31 bits per heavy atom. The van der Waals surface area contributed by atoms with Crippen LogP contribution in [0.3, 0.4) is 0 Å². The Hall–Kier alpha value is -2.05. The number of amides is 2. The van der Waals surface area contributed by atoms with Crippen molar-refractivity contribution in [2.45, 2.75) is 78.0 Å². The number of carbonyl (C=O) groups is 3. The van der Waals surface area contributed by atoms with Crippen LogP contribution in [0.2, 0.25) is 0 Å². The molecule has 2 rings (SSSR count). The predicted octanol–water partition coefficient (Wildman–Crippen LogP) is 3.28. The van der Waals surface area contributed by atoms with Crippen molar-refractivity contribution < 1.29 is 23.9 Å². The molecule has 4 atom stereocenters. The van der Waals surface area contributed by atoms with E-state index >= 15 is 0 Å². The highest BCUT2D eigenvalue weighted by Gasteiger charge is 2.62. The summed E-state index contributed by atoms with van der Waals surface area (Å²) in [5.41, 5.74) is -1.71. The van der Waals surface area contributed by atoms with Gasteiger partial charge in [0.2, 0.25) is 5.91 Å². The molecule has 1 saturated heterocycles. The highest BCUT2D eigenvalue weighted by molar-refractivity contribution is 5.95. The van der Waals surface area contributed by atoms with Gasteiger partial charge in [0.05, 0.1) is 6.61 Å². The van der Waals surface area contributed by atoms with E-state index < -0.39 is 29.2 Å². The molecule has 1 unspecified atom stereocenters. The molecule has 1 aliphatic carbocycles. The highest BCUT2D eigenvalue weighted by Crippen LogP contribution is 2.46. The van der Waals surface area contributed by atoms with Crippen molar-refractivity contribution in [1.82, 2.24) is 10.2 Å². The van der Waals surface area contributed by atoms with Crippen LogP contribution in [-0.2, 0) is 19.1 Å². The maximum Gasteiger partial charge on any atom is 0.410 e. The van der Waals surface area contributed by atoms with Gasteiger partial charge in [-0.15, -0.1) is 6.58 Å². The van der Waals surface area contributed by atoms with Crippen LogP contribution in [0, 0.1) is 17.8 Å². The molecule has 1 heterocycles. The van der Waals surface area contributed by atoms with Crippen molar-refractivity contribution in [3.05, 3.63) is 12.7 Å². The molecule has 1 saturated carbocycles. The van der Waals surface area contributed by atoms with Gasteiger partial charge in [0.15, 0.2) is 0 Å². The quantitative estimate of drug-likeness (QED) is 0.516. The van der Waals surface area contributed by atoms with Crippen LogP contribution in [0.1, 0.15) is 60.8 Å². The molecule has 1 aliphatic heterocycles. The number of nitrogens with zero attached hydrogens (tertiary/aromatic N) is 1. The van der Waals surface area contributed by atoms with Crippen molar-refractivity contribution in [2.24, 2.45) is 17.8 Å². The number of hydrogen-bond donors (Lipinski definition) is 1. The van der Waals surface area contributed by atoms with Gasteiger partial charge in [-0.3, -0.25) is 9.69 Å². The predicted molar refractivity (Wildman–Crippen MR) is 110 cm³/mol. The van der Waals surface area contributed by atoms with E-state index in [-0.39, 0.29) is 24.3 Å².